The van der Waals surface area contributed by atoms with Crippen LogP contribution in [0.4, 0.5) is 0 Å². The summed E-state index contributed by atoms with van der Waals surface area (Å²) >= 11 is 0. The standard InChI is InChI=1S/C16H25NO2/c1-5-13(3)17-16(18)10-7-11-19-15-9-6-8-12(2)14(15)4/h6,8-9,13H,5,7,10-11H2,1-4H3,(H,17,18). The number of benzene rings is 1. The van der Waals surface area contributed by atoms with Gasteiger partial charge in [0.25, 0.3) is 0 Å². The highest BCUT2D eigenvalue weighted by molar-refractivity contribution is 5.76. The van der Waals surface area contributed by atoms with Crippen molar-refractivity contribution in [2.45, 2.75) is 53.0 Å². The van der Waals surface area contributed by atoms with Crippen LogP contribution in [0.15, 0.2) is 18.2 Å². The normalized spacial score (nSPS) is 12.0. The summed E-state index contributed by atoms with van der Waals surface area (Å²) in [6, 6.07) is 6.30. The summed E-state index contributed by atoms with van der Waals surface area (Å²) in [5.41, 5.74) is 2.40. The third kappa shape index (κ3) is 5.33. The van der Waals surface area contributed by atoms with E-state index in [1.807, 2.05) is 19.1 Å². The molecule has 1 rings (SSSR count). The van der Waals surface area contributed by atoms with Gasteiger partial charge in [-0.2, -0.15) is 0 Å². The van der Waals surface area contributed by atoms with Crippen LogP contribution >= 0.6 is 0 Å². The second-order valence-corrected chi connectivity index (χ2v) is 5.03. The van der Waals surface area contributed by atoms with Crippen molar-refractivity contribution >= 4 is 5.91 Å². The fraction of sp³-hybridized carbons (Fsp3) is 0.562. The first-order valence-corrected chi connectivity index (χ1v) is 7.03. The Labute approximate surface area is 116 Å². The summed E-state index contributed by atoms with van der Waals surface area (Å²) in [5.74, 6) is 1.03. The van der Waals surface area contributed by atoms with E-state index in [0.29, 0.717) is 13.0 Å². The highest BCUT2D eigenvalue weighted by Crippen LogP contribution is 2.20. The van der Waals surface area contributed by atoms with E-state index in [4.69, 9.17) is 4.74 Å². The van der Waals surface area contributed by atoms with E-state index in [0.717, 1.165) is 18.6 Å². The summed E-state index contributed by atoms with van der Waals surface area (Å²) in [6.07, 6.45) is 2.23. The SMILES string of the molecule is CCC(C)NC(=O)CCCOc1cccc(C)c1C. The van der Waals surface area contributed by atoms with Crippen LogP contribution in [-0.4, -0.2) is 18.6 Å². The van der Waals surface area contributed by atoms with Crippen molar-refractivity contribution in [3.63, 3.8) is 0 Å². The molecule has 106 valence electrons. The molecule has 0 spiro atoms. The first kappa shape index (κ1) is 15.5. The Morgan fingerprint density at radius 3 is 2.79 bits per heavy atom. The predicted molar refractivity (Wildman–Crippen MR) is 78.5 cm³/mol. The average Bonchev–Trinajstić information content (AvgIpc) is 2.39. The molecule has 0 aliphatic rings. The molecule has 1 aromatic rings. The smallest absolute Gasteiger partial charge is 0.220 e. The molecule has 3 nitrogen and oxygen atoms in total. The molecule has 0 aromatic heterocycles. The Morgan fingerprint density at radius 2 is 2.11 bits per heavy atom. The lowest BCUT2D eigenvalue weighted by Crippen LogP contribution is -2.31. The van der Waals surface area contributed by atoms with Crippen LogP contribution in [0.25, 0.3) is 0 Å². The molecular weight excluding hydrogens is 238 g/mol. The Morgan fingerprint density at radius 1 is 1.37 bits per heavy atom. The molecule has 0 heterocycles. The molecule has 1 N–H and O–H groups in total. The molecule has 1 atom stereocenters. The van der Waals surface area contributed by atoms with Crippen molar-refractivity contribution in [3.8, 4) is 5.75 Å². The number of hydrogen-bond acceptors (Lipinski definition) is 2. The summed E-state index contributed by atoms with van der Waals surface area (Å²) in [4.78, 5) is 11.6. The van der Waals surface area contributed by atoms with E-state index < -0.39 is 0 Å². The lowest BCUT2D eigenvalue weighted by Gasteiger charge is -2.12. The minimum absolute atomic E-state index is 0.110. The van der Waals surface area contributed by atoms with E-state index in [9.17, 15) is 4.79 Å². The van der Waals surface area contributed by atoms with Gasteiger partial charge >= 0.3 is 0 Å². The van der Waals surface area contributed by atoms with E-state index in [-0.39, 0.29) is 11.9 Å². The average molecular weight is 263 g/mol. The molecule has 19 heavy (non-hydrogen) atoms. The van der Waals surface area contributed by atoms with Crippen LogP contribution in [0.3, 0.4) is 0 Å². The van der Waals surface area contributed by atoms with Gasteiger partial charge in [0.1, 0.15) is 5.75 Å². The van der Waals surface area contributed by atoms with Gasteiger partial charge in [-0.3, -0.25) is 4.79 Å². The molecule has 0 bridgehead atoms. The fourth-order valence-electron chi connectivity index (χ4n) is 1.74. The van der Waals surface area contributed by atoms with Gasteiger partial charge in [-0.25, -0.2) is 0 Å². The first-order valence-electron chi connectivity index (χ1n) is 7.03. The monoisotopic (exact) mass is 263 g/mol. The minimum atomic E-state index is 0.110. The second kappa shape index (κ2) is 7.82. The lowest BCUT2D eigenvalue weighted by atomic mass is 10.1. The largest absolute Gasteiger partial charge is 0.493 e. The van der Waals surface area contributed by atoms with Crippen molar-refractivity contribution in [3.05, 3.63) is 29.3 Å². The van der Waals surface area contributed by atoms with Gasteiger partial charge in [0, 0.05) is 12.5 Å². The first-order chi connectivity index (χ1) is 9.04. The van der Waals surface area contributed by atoms with Crippen LogP contribution in [0, 0.1) is 13.8 Å². The van der Waals surface area contributed by atoms with Crippen molar-refractivity contribution in [2.75, 3.05) is 6.61 Å². The Kier molecular flexibility index (Phi) is 6.40. The number of carbonyl (C=O) groups is 1. The van der Waals surface area contributed by atoms with Crippen molar-refractivity contribution < 1.29 is 9.53 Å². The zero-order valence-corrected chi connectivity index (χ0v) is 12.5. The van der Waals surface area contributed by atoms with Gasteiger partial charge in [-0.1, -0.05) is 19.1 Å². The quantitative estimate of drug-likeness (QED) is 0.766. The number of amides is 1. The zero-order valence-electron chi connectivity index (χ0n) is 12.5. The van der Waals surface area contributed by atoms with Gasteiger partial charge in [0.2, 0.25) is 5.91 Å². The summed E-state index contributed by atoms with van der Waals surface area (Å²) < 4.78 is 5.72. The third-order valence-electron chi connectivity index (χ3n) is 3.38. The van der Waals surface area contributed by atoms with Crippen LogP contribution in [0.5, 0.6) is 5.75 Å². The summed E-state index contributed by atoms with van der Waals surface area (Å²) in [6.45, 7) is 8.79. The Balaban J connectivity index is 2.27. The van der Waals surface area contributed by atoms with Crippen LogP contribution < -0.4 is 10.1 Å². The molecule has 0 saturated heterocycles. The van der Waals surface area contributed by atoms with E-state index in [1.54, 1.807) is 0 Å². The second-order valence-electron chi connectivity index (χ2n) is 5.03. The summed E-state index contributed by atoms with van der Waals surface area (Å²) in [5, 5.41) is 2.95. The highest BCUT2D eigenvalue weighted by Gasteiger charge is 2.06. The maximum atomic E-state index is 11.6. The van der Waals surface area contributed by atoms with Gasteiger partial charge in [-0.05, 0) is 50.8 Å². The zero-order chi connectivity index (χ0) is 14.3. The Bertz CT molecular complexity index is 415. The van der Waals surface area contributed by atoms with Crippen LogP contribution in [-0.2, 0) is 4.79 Å². The molecule has 0 radical (unpaired) electrons. The van der Waals surface area contributed by atoms with Crippen molar-refractivity contribution in [1.29, 1.82) is 0 Å². The van der Waals surface area contributed by atoms with Crippen molar-refractivity contribution in [2.24, 2.45) is 0 Å². The third-order valence-corrected chi connectivity index (χ3v) is 3.38. The molecular formula is C16H25NO2. The lowest BCUT2D eigenvalue weighted by molar-refractivity contribution is -0.121. The highest BCUT2D eigenvalue weighted by atomic mass is 16.5. The number of aryl methyl sites for hydroxylation is 1. The van der Waals surface area contributed by atoms with E-state index in [1.165, 1.54) is 11.1 Å². The number of hydrogen-bond donors (Lipinski definition) is 1. The molecule has 0 fully saturated rings. The molecule has 0 aliphatic carbocycles. The van der Waals surface area contributed by atoms with Crippen LogP contribution in [0.1, 0.15) is 44.2 Å². The minimum Gasteiger partial charge on any atom is -0.493 e. The van der Waals surface area contributed by atoms with Gasteiger partial charge in [0.05, 0.1) is 6.61 Å². The fourth-order valence-corrected chi connectivity index (χ4v) is 1.74. The number of ether oxygens (including phenoxy) is 1. The molecule has 0 saturated carbocycles. The topological polar surface area (TPSA) is 38.3 Å². The number of carbonyl (C=O) groups excluding carboxylic acids is 1. The number of nitrogens with one attached hydrogen (secondary N) is 1. The number of rotatable bonds is 7. The van der Waals surface area contributed by atoms with E-state index >= 15 is 0 Å². The molecule has 1 unspecified atom stereocenters. The molecule has 1 amide bonds. The van der Waals surface area contributed by atoms with E-state index in [2.05, 4.69) is 32.2 Å². The molecule has 3 heteroatoms. The summed E-state index contributed by atoms with van der Waals surface area (Å²) in [7, 11) is 0. The molecule has 0 aliphatic heterocycles. The van der Waals surface area contributed by atoms with Gasteiger partial charge < -0.3 is 10.1 Å². The Hall–Kier alpha value is -1.51. The van der Waals surface area contributed by atoms with Gasteiger partial charge in [0.15, 0.2) is 0 Å². The molecule has 1 aromatic carbocycles. The maximum Gasteiger partial charge on any atom is 0.220 e. The van der Waals surface area contributed by atoms with Gasteiger partial charge in [-0.15, -0.1) is 0 Å². The predicted octanol–water partition coefficient (Wildman–Crippen LogP) is 3.38. The maximum absolute atomic E-state index is 11.6. The van der Waals surface area contributed by atoms with Crippen LogP contribution in [0.2, 0.25) is 0 Å². The van der Waals surface area contributed by atoms with Crippen molar-refractivity contribution in [1.82, 2.24) is 5.32 Å².